The number of hydrogen-bond donors (Lipinski definition) is 1. The maximum atomic E-state index is 12.1. The number of carbonyl (C=O) groups is 1. The van der Waals surface area contributed by atoms with Crippen LogP contribution in [0.25, 0.3) is 0 Å². The van der Waals surface area contributed by atoms with Gasteiger partial charge < -0.3 is 14.4 Å². The molecule has 0 saturated carbocycles. The lowest BCUT2D eigenvalue weighted by Gasteiger charge is -2.44. The van der Waals surface area contributed by atoms with Crippen LogP contribution in [0.15, 0.2) is 85.1 Å². The fraction of sp³-hybridized carbons (Fsp3) is 0.333. The van der Waals surface area contributed by atoms with E-state index < -0.39 is 14.4 Å². The van der Waals surface area contributed by atoms with Crippen molar-refractivity contribution in [2.75, 3.05) is 13.2 Å². The number of rotatable bonds is 6. The molecule has 0 aliphatic carbocycles. The molecule has 2 aromatic carbocycles. The summed E-state index contributed by atoms with van der Waals surface area (Å²) in [6.07, 6.45) is 1.58. The van der Waals surface area contributed by atoms with Crippen LogP contribution >= 0.6 is 0 Å². The number of benzene rings is 2. The van der Waals surface area contributed by atoms with Crippen molar-refractivity contribution in [3.05, 3.63) is 90.8 Å². The fourth-order valence-electron chi connectivity index (χ4n) is 5.12. The molecule has 1 saturated heterocycles. The molecule has 0 radical (unpaired) electrons. The zero-order valence-corrected chi connectivity index (χ0v) is 20.5. The van der Waals surface area contributed by atoms with Gasteiger partial charge in [0.15, 0.2) is 0 Å². The number of carboxylic acid groups (broad SMARTS) is 1. The summed E-state index contributed by atoms with van der Waals surface area (Å²) in [6.45, 7) is 7.52. The van der Waals surface area contributed by atoms with E-state index in [0.717, 1.165) is 5.69 Å². The zero-order chi connectivity index (χ0) is 23.5. The van der Waals surface area contributed by atoms with Crippen molar-refractivity contribution in [1.82, 2.24) is 9.88 Å². The Hall–Kier alpha value is -2.96. The second-order valence-electron chi connectivity index (χ2n) is 9.75. The standard InChI is InChI=1S/C27H32N2O3Si/c1-27(2,3)33(23-12-6-4-7-13-23,24-14-8-5-9-15-24)32-20-22-18-21(19-29(22)26(30)31)25-16-10-11-17-28-25/h4-17,21-22H,18-20H2,1-3H3,(H,30,31). The van der Waals surface area contributed by atoms with Crippen LogP contribution in [0.3, 0.4) is 0 Å². The molecule has 1 aromatic heterocycles. The zero-order valence-electron chi connectivity index (χ0n) is 19.5. The van der Waals surface area contributed by atoms with Gasteiger partial charge in [-0.1, -0.05) is 87.5 Å². The van der Waals surface area contributed by atoms with Gasteiger partial charge >= 0.3 is 6.09 Å². The van der Waals surface area contributed by atoms with Gasteiger partial charge in [0.2, 0.25) is 0 Å². The first kappa shape index (κ1) is 23.2. The maximum absolute atomic E-state index is 12.1. The van der Waals surface area contributed by atoms with E-state index in [9.17, 15) is 9.90 Å². The Morgan fingerprint density at radius 2 is 1.58 bits per heavy atom. The fourth-order valence-corrected chi connectivity index (χ4v) is 9.72. The highest BCUT2D eigenvalue weighted by Crippen LogP contribution is 2.38. The lowest BCUT2D eigenvalue weighted by atomic mass is 10.0. The average molecular weight is 461 g/mol. The van der Waals surface area contributed by atoms with Crippen LogP contribution in [-0.2, 0) is 4.43 Å². The van der Waals surface area contributed by atoms with Gasteiger partial charge in [-0.3, -0.25) is 4.98 Å². The Balaban J connectivity index is 1.69. The average Bonchev–Trinajstić information content (AvgIpc) is 3.25. The molecular weight excluding hydrogens is 428 g/mol. The first-order valence-corrected chi connectivity index (χ1v) is 13.4. The number of aromatic nitrogens is 1. The molecule has 2 atom stereocenters. The number of pyridine rings is 1. The van der Waals surface area contributed by atoms with E-state index in [1.54, 1.807) is 6.20 Å². The molecule has 33 heavy (non-hydrogen) atoms. The summed E-state index contributed by atoms with van der Waals surface area (Å²) in [4.78, 5) is 18.1. The third-order valence-corrected chi connectivity index (χ3v) is 11.7. The molecule has 3 aromatic rings. The smallest absolute Gasteiger partial charge is 0.407 e. The third-order valence-electron chi connectivity index (χ3n) is 6.68. The summed E-state index contributed by atoms with van der Waals surface area (Å²) in [5.41, 5.74) is 0.941. The first-order valence-electron chi connectivity index (χ1n) is 11.5. The highest BCUT2D eigenvalue weighted by molar-refractivity contribution is 6.99. The predicted octanol–water partition coefficient (Wildman–Crippen LogP) is 4.49. The minimum absolute atomic E-state index is 0.0788. The molecule has 1 aliphatic rings. The maximum Gasteiger partial charge on any atom is 0.407 e. The van der Waals surface area contributed by atoms with Crippen LogP contribution in [0.4, 0.5) is 4.79 Å². The molecule has 5 nitrogen and oxygen atoms in total. The SMILES string of the molecule is CC(C)(C)[Si](OCC1CC(c2ccccn2)CN1C(=O)O)(c1ccccc1)c1ccccc1. The number of amides is 1. The monoisotopic (exact) mass is 460 g/mol. The van der Waals surface area contributed by atoms with Crippen LogP contribution in [0.1, 0.15) is 38.8 Å². The number of nitrogens with zero attached hydrogens (tertiary/aromatic N) is 2. The highest BCUT2D eigenvalue weighted by Gasteiger charge is 2.51. The summed E-state index contributed by atoms with van der Waals surface area (Å²) in [5, 5.41) is 12.2. The Labute approximate surface area is 197 Å². The normalized spacial score (nSPS) is 18.9. The molecule has 2 unspecified atom stereocenters. The van der Waals surface area contributed by atoms with Gasteiger partial charge in [0.05, 0.1) is 12.6 Å². The van der Waals surface area contributed by atoms with Crippen molar-refractivity contribution in [1.29, 1.82) is 0 Å². The van der Waals surface area contributed by atoms with Crippen LogP contribution in [0.2, 0.25) is 5.04 Å². The van der Waals surface area contributed by atoms with Crippen molar-refractivity contribution in [3.63, 3.8) is 0 Å². The van der Waals surface area contributed by atoms with Crippen molar-refractivity contribution in [2.24, 2.45) is 0 Å². The Morgan fingerprint density at radius 3 is 2.06 bits per heavy atom. The van der Waals surface area contributed by atoms with Crippen molar-refractivity contribution >= 4 is 24.8 Å². The lowest BCUT2D eigenvalue weighted by molar-refractivity contribution is 0.121. The van der Waals surface area contributed by atoms with E-state index in [1.165, 1.54) is 15.3 Å². The van der Waals surface area contributed by atoms with E-state index in [4.69, 9.17) is 4.43 Å². The molecule has 0 spiro atoms. The highest BCUT2D eigenvalue weighted by atomic mass is 28.4. The topological polar surface area (TPSA) is 62.7 Å². The molecule has 6 heteroatoms. The third kappa shape index (κ3) is 4.59. The van der Waals surface area contributed by atoms with E-state index in [-0.39, 0.29) is 17.0 Å². The minimum atomic E-state index is -2.72. The molecular formula is C27H32N2O3Si. The summed E-state index contributed by atoms with van der Waals surface area (Å²) in [7, 11) is -2.72. The summed E-state index contributed by atoms with van der Waals surface area (Å²) in [6, 6.07) is 26.5. The van der Waals surface area contributed by atoms with E-state index >= 15 is 0 Å². The molecule has 172 valence electrons. The minimum Gasteiger partial charge on any atom is -0.465 e. The molecule has 1 aliphatic heterocycles. The van der Waals surface area contributed by atoms with Gasteiger partial charge in [-0.2, -0.15) is 0 Å². The Morgan fingerprint density at radius 1 is 1.00 bits per heavy atom. The number of hydrogen-bond acceptors (Lipinski definition) is 3. The Bertz CT molecular complexity index is 1020. The van der Waals surface area contributed by atoms with Gasteiger partial charge in [-0.05, 0) is 34.0 Å². The summed E-state index contributed by atoms with van der Waals surface area (Å²) >= 11 is 0. The molecule has 0 bridgehead atoms. The van der Waals surface area contributed by atoms with Gasteiger partial charge in [0, 0.05) is 24.4 Å². The number of likely N-dealkylation sites (tertiary alicyclic amines) is 1. The summed E-state index contributed by atoms with van der Waals surface area (Å²) in [5.74, 6) is 0.0788. The van der Waals surface area contributed by atoms with Gasteiger partial charge in [-0.15, -0.1) is 0 Å². The molecule has 4 rings (SSSR count). The quantitative estimate of drug-likeness (QED) is 0.551. The van der Waals surface area contributed by atoms with Gasteiger partial charge in [0.25, 0.3) is 8.32 Å². The van der Waals surface area contributed by atoms with E-state index in [1.807, 2.05) is 30.3 Å². The first-order chi connectivity index (χ1) is 15.8. The lowest BCUT2D eigenvalue weighted by Crippen LogP contribution is -2.67. The molecule has 2 heterocycles. The molecule has 1 N–H and O–H groups in total. The van der Waals surface area contributed by atoms with Crippen molar-refractivity contribution in [3.8, 4) is 0 Å². The molecule has 1 fully saturated rings. The van der Waals surface area contributed by atoms with Crippen molar-refractivity contribution in [2.45, 2.75) is 44.2 Å². The van der Waals surface area contributed by atoms with Crippen LogP contribution in [0.5, 0.6) is 0 Å². The second-order valence-corrected chi connectivity index (χ2v) is 14.1. The Kier molecular flexibility index (Phi) is 6.67. The van der Waals surface area contributed by atoms with E-state index in [0.29, 0.717) is 19.6 Å². The van der Waals surface area contributed by atoms with Crippen molar-refractivity contribution < 1.29 is 14.3 Å². The summed E-state index contributed by atoms with van der Waals surface area (Å²) < 4.78 is 7.03. The second kappa shape index (κ2) is 9.49. The van der Waals surface area contributed by atoms with Gasteiger partial charge in [-0.25, -0.2) is 4.79 Å². The van der Waals surface area contributed by atoms with Crippen LogP contribution in [-0.4, -0.2) is 48.6 Å². The largest absolute Gasteiger partial charge is 0.465 e. The predicted molar refractivity (Wildman–Crippen MR) is 134 cm³/mol. The van der Waals surface area contributed by atoms with Crippen LogP contribution in [0, 0.1) is 0 Å². The van der Waals surface area contributed by atoms with E-state index in [2.05, 4.69) is 74.3 Å². The molecule has 1 amide bonds. The van der Waals surface area contributed by atoms with Gasteiger partial charge in [0.1, 0.15) is 0 Å². The van der Waals surface area contributed by atoms with Crippen LogP contribution < -0.4 is 10.4 Å².